The molecule has 2 aromatic carbocycles. The highest BCUT2D eigenvalue weighted by Crippen LogP contribution is 2.29. The normalized spacial score (nSPS) is 10.7. The second-order valence-electron chi connectivity index (χ2n) is 5.05. The van der Waals surface area contributed by atoms with Crippen molar-refractivity contribution in [2.24, 2.45) is 0 Å². The first-order chi connectivity index (χ1) is 10.6. The zero-order valence-electron chi connectivity index (χ0n) is 12.7. The van der Waals surface area contributed by atoms with Crippen molar-refractivity contribution >= 4 is 11.0 Å². The summed E-state index contributed by atoms with van der Waals surface area (Å²) in [6.07, 6.45) is 0. The highest BCUT2D eigenvalue weighted by Gasteiger charge is 2.16. The smallest absolute Gasteiger partial charge is 0.235 e. The van der Waals surface area contributed by atoms with Crippen LogP contribution in [0.2, 0.25) is 0 Å². The molecule has 0 fully saturated rings. The fraction of sp³-hybridized carbons (Fsp3) is 0.167. The largest absolute Gasteiger partial charge is 0.497 e. The van der Waals surface area contributed by atoms with Crippen LogP contribution < -0.4 is 14.9 Å². The van der Waals surface area contributed by atoms with E-state index < -0.39 is 0 Å². The molecule has 0 saturated carbocycles. The van der Waals surface area contributed by atoms with Crippen LogP contribution in [-0.4, -0.2) is 7.11 Å². The lowest BCUT2D eigenvalue weighted by Gasteiger charge is -2.11. The molecule has 0 unspecified atom stereocenters. The Bertz CT molecular complexity index is 879. The Balaban J connectivity index is 2.20. The molecule has 1 heterocycles. The second kappa shape index (κ2) is 5.56. The summed E-state index contributed by atoms with van der Waals surface area (Å²) in [4.78, 5) is 12.7. The Labute approximate surface area is 127 Å². The van der Waals surface area contributed by atoms with Crippen molar-refractivity contribution in [1.82, 2.24) is 0 Å². The number of hydrogen-bond donors (Lipinski definition) is 0. The van der Waals surface area contributed by atoms with Gasteiger partial charge in [-0.3, -0.25) is 4.79 Å². The Morgan fingerprint density at radius 1 is 1.00 bits per heavy atom. The van der Waals surface area contributed by atoms with Gasteiger partial charge in [-0.15, -0.1) is 0 Å². The predicted molar refractivity (Wildman–Crippen MR) is 85.0 cm³/mol. The zero-order valence-corrected chi connectivity index (χ0v) is 12.7. The predicted octanol–water partition coefficient (Wildman–Crippen LogP) is 4.21. The first-order valence-electron chi connectivity index (χ1n) is 6.95. The first-order valence-corrected chi connectivity index (χ1v) is 6.95. The Morgan fingerprint density at radius 3 is 2.41 bits per heavy atom. The number of rotatable bonds is 3. The molecule has 0 saturated heterocycles. The standard InChI is InChI=1S/C18H16O4/c1-11-9-14(20-3)10-15-16(11)17(19)18(12(2)21-15)22-13-7-5-4-6-8-13/h4-10H,1-3H3. The second-order valence-corrected chi connectivity index (χ2v) is 5.05. The van der Waals surface area contributed by atoms with Crippen LogP contribution in [0, 0.1) is 13.8 Å². The summed E-state index contributed by atoms with van der Waals surface area (Å²) in [5.41, 5.74) is 1.11. The summed E-state index contributed by atoms with van der Waals surface area (Å²) >= 11 is 0. The maximum absolute atomic E-state index is 12.7. The van der Waals surface area contributed by atoms with Crippen LogP contribution in [0.4, 0.5) is 0 Å². The van der Waals surface area contributed by atoms with E-state index >= 15 is 0 Å². The van der Waals surface area contributed by atoms with E-state index in [2.05, 4.69) is 0 Å². The van der Waals surface area contributed by atoms with Gasteiger partial charge in [0.25, 0.3) is 0 Å². The van der Waals surface area contributed by atoms with Gasteiger partial charge in [0.05, 0.1) is 12.5 Å². The molecule has 0 radical (unpaired) electrons. The molecule has 0 amide bonds. The van der Waals surface area contributed by atoms with Gasteiger partial charge in [0.2, 0.25) is 11.2 Å². The number of ether oxygens (including phenoxy) is 2. The highest BCUT2D eigenvalue weighted by atomic mass is 16.5. The third kappa shape index (κ3) is 2.44. The summed E-state index contributed by atoms with van der Waals surface area (Å²) < 4.78 is 16.7. The Kier molecular flexibility index (Phi) is 3.59. The molecule has 0 N–H and O–H groups in total. The molecule has 0 aliphatic heterocycles. The number of aryl methyl sites for hydroxylation is 2. The van der Waals surface area contributed by atoms with Crippen molar-refractivity contribution in [3.63, 3.8) is 0 Å². The minimum absolute atomic E-state index is 0.178. The monoisotopic (exact) mass is 296 g/mol. The molecule has 1 aromatic heterocycles. The minimum Gasteiger partial charge on any atom is -0.497 e. The molecular formula is C18H16O4. The lowest BCUT2D eigenvalue weighted by molar-refractivity contribution is 0.412. The average molecular weight is 296 g/mol. The summed E-state index contributed by atoms with van der Waals surface area (Å²) in [6, 6.07) is 12.7. The van der Waals surface area contributed by atoms with Crippen molar-refractivity contribution in [3.05, 3.63) is 64.0 Å². The maximum Gasteiger partial charge on any atom is 0.235 e. The van der Waals surface area contributed by atoms with Gasteiger partial charge in [-0.25, -0.2) is 0 Å². The summed E-state index contributed by atoms with van der Waals surface area (Å²) in [5, 5.41) is 0.511. The van der Waals surface area contributed by atoms with Crippen LogP contribution >= 0.6 is 0 Å². The van der Waals surface area contributed by atoms with Gasteiger partial charge < -0.3 is 13.9 Å². The number of methoxy groups -OCH3 is 1. The van der Waals surface area contributed by atoms with Crippen molar-refractivity contribution in [1.29, 1.82) is 0 Å². The third-order valence-corrected chi connectivity index (χ3v) is 3.49. The van der Waals surface area contributed by atoms with E-state index in [9.17, 15) is 4.79 Å². The molecule has 0 bridgehead atoms. The zero-order chi connectivity index (χ0) is 15.7. The van der Waals surface area contributed by atoms with Gasteiger partial charge in [0.15, 0.2) is 0 Å². The average Bonchev–Trinajstić information content (AvgIpc) is 2.51. The van der Waals surface area contributed by atoms with Gasteiger partial charge in [-0.2, -0.15) is 0 Å². The molecule has 4 nitrogen and oxygen atoms in total. The number of fused-ring (bicyclic) bond motifs is 1. The molecule has 4 heteroatoms. The molecule has 3 aromatic rings. The highest BCUT2D eigenvalue weighted by molar-refractivity contribution is 5.83. The lowest BCUT2D eigenvalue weighted by Crippen LogP contribution is -2.08. The summed E-state index contributed by atoms with van der Waals surface area (Å²) in [6.45, 7) is 3.57. The molecule has 112 valence electrons. The molecule has 0 spiro atoms. The first kappa shape index (κ1) is 14.2. The lowest BCUT2D eigenvalue weighted by atomic mass is 10.1. The van der Waals surface area contributed by atoms with Gasteiger partial charge in [0, 0.05) is 6.07 Å². The van der Waals surface area contributed by atoms with E-state index in [0.717, 1.165) is 5.56 Å². The van der Waals surface area contributed by atoms with E-state index in [0.29, 0.717) is 28.2 Å². The molecule has 0 atom stereocenters. The van der Waals surface area contributed by atoms with E-state index in [1.165, 1.54) is 0 Å². The van der Waals surface area contributed by atoms with Gasteiger partial charge >= 0.3 is 0 Å². The van der Waals surface area contributed by atoms with E-state index in [1.807, 2.05) is 25.1 Å². The SMILES string of the molecule is COc1cc(C)c2c(=O)c(Oc3ccccc3)c(C)oc2c1. The van der Waals surface area contributed by atoms with Crippen LogP contribution in [0.1, 0.15) is 11.3 Å². The van der Waals surface area contributed by atoms with Crippen LogP contribution in [0.25, 0.3) is 11.0 Å². The summed E-state index contributed by atoms with van der Waals surface area (Å²) in [5.74, 6) is 1.91. The van der Waals surface area contributed by atoms with Gasteiger partial charge in [0.1, 0.15) is 22.8 Å². The molecule has 22 heavy (non-hydrogen) atoms. The molecule has 0 aliphatic carbocycles. The van der Waals surface area contributed by atoms with Crippen molar-refractivity contribution in [2.75, 3.05) is 7.11 Å². The number of para-hydroxylation sites is 1. The molecular weight excluding hydrogens is 280 g/mol. The number of benzene rings is 2. The third-order valence-electron chi connectivity index (χ3n) is 3.49. The molecule has 0 aliphatic rings. The quantitative estimate of drug-likeness (QED) is 0.726. The van der Waals surface area contributed by atoms with Gasteiger partial charge in [-0.1, -0.05) is 18.2 Å². The van der Waals surface area contributed by atoms with Crippen molar-refractivity contribution < 1.29 is 13.9 Å². The van der Waals surface area contributed by atoms with Gasteiger partial charge in [-0.05, 0) is 37.6 Å². The van der Waals surface area contributed by atoms with Crippen LogP contribution in [0.3, 0.4) is 0 Å². The van der Waals surface area contributed by atoms with Crippen LogP contribution in [0.15, 0.2) is 51.7 Å². The van der Waals surface area contributed by atoms with Crippen LogP contribution in [0.5, 0.6) is 17.2 Å². The Morgan fingerprint density at radius 2 is 1.73 bits per heavy atom. The topological polar surface area (TPSA) is 48.7 Å². The number of hydrogen-bond acceptors (Lipinski definition) is 4. The molecule has 3 rings (SSSR count). The fourth-order valence-electron chi connectivity index (χ4n) is 2.42. The van der Waals surface area contributed by atoms with E-state index in [4.69, 9.17) is 13.9 Å². The van der Waals surface area contributed by atoms with E-state index in [-0.39, 0.29) is 11.2 Å². The Hall–Kier alpha value is -2.75. The van der Waals surface area contributed by atoms with Crippen molar-refractivity contribution in [2.45, 2.75) is 13.8 Å². The van der Waals surface area contributed by atoms with Crippen LogP contribution in [-0.2, 0) is 0 Å². The van der Waals surface area contributed by atoms with E-state index in [1.54, 1.807) is 38.3 Å². The van der Waals surface area contributed by atoms with Crippen molar-refractivity contribution in [3.8, 4) is 17.2 Å². The minimum atomic E-state index is -0.178. The maximum atomic E-state index is 12.7. The summed E-state index contributed by atoms with van der Waals surface area (Å²) in [7, 11) is 1.58. The fourth-order valence-corrected chi connectivity index (χ4v) is 2.42.